The summed E-state index contributed by atoms with van der Waals surface area (Å²) in [7, 11) is 0. The molecule has 0 aliphatic rings. The minimum Gasteiger partial charge on any atom is -0.409 e. The van der Waals surface area contributed by atoms with Gasteiger partial charge in [0.2, 0.25) is 0 Å². The van der Waals surface area contributed by atoms with Crippen LogP contribution >= 0.6 is 0 Å². The van der Waals surface area contributed by atoms with E-state index in [0.717, 1.165) is 0 Å². The van der Waals surface area contributed by atoms with E-state index in [-0.39, 0.29) is 17.1 Å². The van der Waals surface area contributed by atoms with Crippen molar-refractivity contribution >= 4 is 17.6 Å². The number of rotatable bonds is 3. The van der Waals surface area contributed by atoms with Crippen molar-refractivity contribution < 1.29 is 23.2 Å². The molecule has 1 aromatic rings. The molecule has 6 nitrogen and oxygen atoms in total. The fourth-order valence-electron chi connectivity index (χ4n) is 1.51. The van der Waals surface area contributed by atoms with E-state index in [1.807, 2.05) is 0 Å². The van der Waals surface area contributed by atoms with Crippen LogP contribution in [0.25, 0.3) is 0 Å². The maximum absolute atomic E-state index is 12.0. The molecule has 5 N–H and O–H groups in total. The number of anilines is 1. The smallest absolute Gasteiger partial charge is 0.405 e. The van der Waals surface area contributed by atoms with Crippen LogP contribution in [0.3, 0.4) is 0 Å². The van der Waals surface area contributed by atoms with E-state index in [1.165, 1.54) is 6.07 Å². The molecule has 1 aromatic carbocycles. The normalized spacial score (nSPS) is 12.1. The number of carbonyl (C=O) groups is 1. The number of aryl methyl sites for hydroxylation is 1. The number of nitrogens with one attached hydrogen (secondary N) is 2. The highest BCUT2D eigenvalue weighted by molar-refractivity contribution is 6.06. The van der Waals surface area contributed by atoms with Gasteiger partial charge in [0.15, 0.2) is 5.84 Å². The van der Waals surface area contributed by atoms with E-state index in [0.29, 0.717) is 5.56 Å². The van der Waals surface area contributed by atoms with Gasteiger partial charge in [-0.25, -0.2) is 4.79 Å². The van der Waals surface area contributed by atoms with Crippen molar-refractivity contribution in [3.05, 3.63) is 29.3 Å². The largest absolute Gasteiger partial charge is 0.409 e. The molecule has 0 aliphatic heterocycles. The van der Waals surface area contributed by atoms with Crippen molar-refractivity contribution in [2.45, 2.75) is 13.1 Å². The third kappa shape index (κ3) is 4.34. The van der Waals surface area contributed by atoms with Gasteiger partial charge in [0.05, 0.1) is 5.69 Å². The number of oxime groups is 1. The summed E-state index contributed by atoms with van der Waals surface area (Å²) in [4.78, 5) is 11.4. The van der Waals surface area contributed by atoms with Gasteiger partial charge in [-0.05, 0) is 18.6 Å². The first-order valence-electron chi connectivity index (χ1n) is 5.43. The lowest BCUT2D eigenvalue weighted by molar-refractivity contribution is -0.122. The predicted molar refractivity (Wildman–Crippen MR) is 66.8 cm³/mol. The Labute approximate surface area is 112 Å². The molecule has 0 saturated heterocycles. The number of amides is 2. The summed E-state index contributed by atoms with van der Waals surface area (Å²) < 4.78 is 35.9. The average Bonchev–Trinajstić information content (AvgIpc) is 2.35. The van der Waals surface area contributed by atoms with E-state index >= 15 is 0 Å². The number of alkyl halides is 3. The summed E-state index contributed by atoms with van der Waals surface area (Å²) >= 11 is 0. The number of nitrogens with two attached hydrogens (primary N) is 1. The van der Waals surface area contributed by atoms with Crippen LogP contribution in [-0.2, 0) is 0 Å². The molecule has 0 aliphatic carbocycles. The van der Waals surface area contributed by atoms with Crippen LogP contribution in [0.4, 0.5) is 23.7 Å². The molecule has 0 fully saturated rings. The number of urea groups is 1. The molecule has 20 heavy (non-hydrogen) atoms. The van der Waals surface area contributed by atoms with Crippen molar-refractivity contribution in [2.24, 2.45) is 10.9 Å². The molecular weight excluding hydrogens is 277 g/mol. The molecule has 0 heterocycles. The lowest BCUT2D eigenvalue weighted by Gasteiger charge is -2.14. The standard InChI is InChI=1S/C11H13F3N4O2/c1-6-3-2-4-7(8(6)9(15)18-20)17-10(19)16-5-11(12,13)14/h2-4,20H,5H2,1H3,(H2,15,18)(H2,16,17,19). The first kappa shape index (κ1) is 15.6. The van der Waals surface area contributed by atoms with Crippen LogP contribution in [0.5, 0.6) is 0 Å². The Morgan fingerprint density at radius 1 is 1.45 bits per heavy atom. The lowest BCUT2D eigenvalue weighted by Crippen LogP contribution is -2.37. The Bertz CT molecular complexity index is 529. The highest BCUT2D eigenvalue weighted by Gasteiger charge is 2.27. The number of amidine groups is 1. The van der Waals surface area contributed by atoms with Crippen LogP contribution in [0, 0.1) is 6.92 Å². The Morgan fingerprint density at radius 2 is 2.10 bits per heavy atom. The van der Waals surface area contributed by atoms with Crippen molar-refractivity contribution in [3.8, 4) is 0 Å². The molecule has 110 valence electrons. The second kappa shape index (κ2) is 6.13. The molecule has 0 unspecified atom stereocenters. The van der Waals surface area contributed by atoms with Crippen LogP contribution in [0.2, 0.25) is 0 Å². The number of hydrogen-bond acceptors (Lipinski definition) is 3. The number of benzene rings is 1. The predicted octanol–water partition coefficient (Wildman–Crippen LogP) is 1.77. The maximum atomic E-state index is 12.0. The van der Waals surface area contributed by atoms with Gasteiger partial charge in [-0.15, -0.1) is 0 Å². The summed E-state index contributed by atoms with van der Waals surface area (Å²) in [6.45, 7) is 0.190. The van der Waals surface area contributed by atoms with Gasteiger partial charge >= 0.3 is 12.2 Å². The minimum absolute atomic E-state index is 0.139. The lowest BCUT2D eigenvalue weighted by atomic mass is 10.1. The fraction of sp³-hybridized carbons (Fsp3) is 0.273. The van der Waals surface area contributed by atoms with Gasteiger partial charge < -0.3 is 21.6 Å². The van der Waals surface area contributed by atoms with E-state index in [4.69, 9.17) is 10.9 Å². The third-order valence-corrected chi connectivity index (χ3v) is 2.33. The Kier molecular flexibility index (Phi) is 4.78. The second-order valence-corrected chi connectivity index (χ2v) is 3.91. The highest BCUT2D eigenvalue weighted by Crippen LogP contribution is 2.19. The molecule has 0 bridgehead atoms. The van der Waals surface area contributed by atoms with E-state index in [2.05, 4.69) is 10.5 Å². The second-order valence-electron chi connectivity index (χ2n) is 3.91. The molecular formula is C11H13F3N4O2. The van der Waals surface area contributed by atoms with E-state index in [9.17, 15) is 18.0 Å². The molecule has 0 spiro atoms. The summed E-state index contributed by atoms with van der Waals surface area (Å²) in [5.41, 5.74) is 6.43. The van der Waals surface area contributed by atoms with E-state index < -0.39 is 18.8 Å². The SMILES string of the molecule is Cc1cccc(NC(=O)NCC(F)(F)F)c1/C(N)=N/O. The molecule has 1 rings (SSSR count). The van der Waals surface area contributed by atoms with E-state index in [1.54, 1.807) is 24.4 Å². The topological polar surface area (TPSA) is 99.7 Å². The Hall–Kier alpha value is -2.45. The van der Waals surface area contributed by atoms with Crippen molar-refractivity contribution in [1.29, 1.82) is 0 Å². The van der Waals surface area contributed by atoms with Gasteiger partial charge in [0, 0.05) is 5.56 Å². The minimum atomic E-state index is -4.50. The molecule has 0 saturated carbocycles. The molecule has 0 aromatic heterocycles. The van der Waals surface area contributed by atoms with Crippen molar-refractivity contribution in [1.82, 2.24) is 5.32 Å². The first-order valence-corrected chi connectivity index (χ1v) is 5.43. The average molecular weight is 290 g/mol. The Morgan fingerprint density at radius 3 is 2.65 bits per heavy atom. The van der Waals surface area contributed by atoms with Gasteiger partial charge in [-0.2, -0.15) is 13.2 Å². The summed E-state index contributed by atoms with van der Waals surface area (Å²) in [6, 6.07) is 3.60. The van der Waals surface area contributed by atoms with Crippen molar-refractivity contribution in [2.75, 3.05) is 11.9 Å². The van der Waals surface area contributed by atoms with Gasteiger partial charge in [0.1, 0.15) is 6.54 Å². The first-order chi connectivity index (χ1) is 9.24. The zero-order chi connectivity index (χ0) is 15.3. The third-order valence-electron chi connectivity index (χ3n) is 2.33. The summed E-state index contributed by atoms with van der Waals surface area (Å²) in [5.74, 6) is -0.255. The van der Waals surface area contributed by atoms with Crippen LogP contribution in [0.15, 0.2) is 23.4 Å². The van der Waals surface area contributed by atoms with Crippen LogP contribution < -0.4 is 16.4 Å². The monoisotopic (exact) mass is 290 g/mol. The number of nitrogens with zero attached hydrogens (tertiary/aromatic N) is 1. The van der Waals surface area contributed by atoms with Crippen LogP contribution in [-0.4, -0.2) is 29.8 Å². The molecule has 9 heteroatoms. The molecule has 0 atom stereocenters. The zero-order valence-corrected chi connectivity index (χ0v) is 10.5. The van der Waals surface area contributed by atoms with Crippen molar-refractivity contribution in [3.63, 3.8) is 0 Å². The molecule has 2 amide bonds. The number of carbonyl (C=O) groups excluding carboxylic acids is 1. The number of hydrogen-bond donors (Lipinski definition) is 4. The number of halogens is 3. The summed E-state index contributed by atoms with van der Waals surface area (Å²) in [5, 5.41) is 15.4. The summed E-state index contributed by atoms with van der Waals surface area (Å²) in [6.07, 6.45) is -4.50. The van der Waals surface area contributed by atoms with Gasteiger partial charge in [-0.3, -0.25) is 0 Å². The molecule has 0 radical (unpaired) electrons. The Balaban J connectivity index is 2.88. The maximum Gasteiger partial charge on any atom is 0.405 e. The zero-order valence-electron chi connectivity index (χ0n) is 10.5. The quantitative estimate of drug-likeness (QED) is 0.295. The highest BCUT2D eigenvalue weighted by atomic mass is 19.4. The van der Waals surface area contributed by atoms with Gasteiger partial charge in [-0.1, -0.05) is 17.3 Å². The van der Waals surface area contributed by atoms with Gasteiger partial charge in [0.25, 0.3) is 0 Å². The van der Waals surface area contributed by atoms with Crippen LogP contribution in [0.1, 0.15) is 11.1 Å². The fourth-order valence-corrected chi connectivity index (χ4v) is 1.51.